The zero-order valence-electron chi connectivity index (χ0n) is 14.5. The molecule has 4 rings (SSSR count). The minimum Gasteiger partial charge on any atom is -0.497 e. The molecule has 2 fully saturated rings. The van der Waals surface area contributed by atoms with Crippen LogP contribution in [0.4, 0.5) is 0 Å². The number of hydrogen-bond donors (Lipinski definition) is 0. The van der Waals surface area contributed by atoms with E-state index in [9.17, 15) is 4.79 Å². The number of hydrogen-bond acceptors (Lipinski definition) is 4. The van der Waals surface area contributed by atoms with Crippen LogP contribution >= 0.6 is 11.6 Å². The quantitative estimate of drug-likeness (QED) is 0.803. The zero-order valence-corrected chi connectivity index (χ0v) is 15.2. The molecule has 6 heteroatoms. The molecular formula is C20H20ClNO4. The largest absolute Gasteiger partial charge is 0.497 e. The van der Waals surface area contributed by atoms with Crippen LogP contribution in [0.15, 0.2) is 48.5 Å². The zero-order chi connectivity index (χ0) is 18.1. The van der Waals surface area contributed by atoms with Crippen molar-refractivity contribution in [2.75, 3.05) is 20.3 Å². The lowest BCUT2D eigenvalue weighted by atomic mass is 10.0. The number of carbonyl (C=O) groups is 1. The fourth-order valence-electron chi connectivity index (χ4n) is 3.66. The Hall–Kier alpha value is -2.24. The summed E-state index contributed by atoms with van der Waals surface area (Å²) in [4.78, 5) is 14.2. The van der Waals surface area contributed by atoms with Gasteiger partial charge >= 0.3 is 0 Å². The summed E-state index contributed by atoms with van der Waals surface area (Å²) >= 11 is 5.89. The fraction of sp³-hybridized carbons (Fsp3) is 0.350. The van der Waals surface area contributed by atoms with E-state index in [1.807, 2.05) is 41.3 Å². The summed E-state index contributed by atoms with van der Waals surface area (Å²) in [5, 5.41) is 0.666. The second-order valence-corrected chi connectivity index (χ2v) is 6.96. The monoisotopic (exact) mass is 373 g/mol. The highest BCUT2D eigenvalue weighted by Crippen LogP contribution is 2.46. The highest BCUT2D eigenvalue weighted by molar-refractivity contribution is 6.30. The molecule has 26 heavy (non-hydrogen) atoms. The molecule has 2 atom stereocenters. The molecule has 2 aliphatic rings. The predicted molar refractivity (Wildman–Crippen MR) is 97.4 cm³/mol. The summed E-state index contributed by atoms with van der Waals surface area (Å²) in [6.45, 7) is 0.905. The van der Waals surface area contributed by atoms with E-state index in [1.165, 1.54) is 0 Å². The van der Waals surface area contributed by atoms with Crippen molar-refractivity contribution < 1.29 is 19.0 Å². The van der Waals surface area contributed by atoms with Gasteiger partial charge in [-0.1, -0.05) is 23.7 Å². The van der Waals surface area contributed by atoms with Crippen LogP contribution in [0.3, 0.4) is 0 Å². The molecule has 0 aromatic heterocycles. The third-order valence-corrected chi connectivity index (χ3v) is 5.21. The van der Waals surface area contributed by atoms with Gasteiger partial charge < -0.3 is 19.1 Å². The number of nitrogens with zero attached hydrogens (tertiary/aromatic N) is 1. The third-order valence-electron chi connectivity index (χ3n) is 4.95. The molecular weight excluding hydrogens is 354 g/mol. The van der Waals surface area contributed by atoms with E-state index < -0.39 is 5.72 Å². The molecule has 136 valence electrons. The van der Waals surface area contributed by atoms with E-state index in [0.717, 1.165) is 17.1 Å². The smallest absolute Gasteiger partial charge is 0.225 e. The highest BCUT2D eigenvalue weighted by atomic mass is 35.5. The second kappa shape index (κ2) is 6.82. The number of fused-ring (bicyclic) bond motifs is 1. The molecule has 0 bridgehead atoms. The molecule has 1 amide bonds. The topological polar surface area (TPSA) is 48.0 Å². The van der Waals surface area contributed by atoms with Gasteiger partial charge in [-0.2, -0.15) is 0 Å². The molecule has 0 spiro atoms. The molecule has 5 nitrogen and oxygen atoms in total. The Bertz CT molecular complexity index is 792. The minimum absolute atomic E-state index is 0.120. The molecule has 0 N–H and O–H groups in total. The van der Waals surface area contributed by atoms with Gasteiger partial charge in [0.25, 0.3) is 0 Å². The van der Waals surface area contributed by atoms with Gasteiger partial charge in [-0.3, -0.25) is 4.79 Å². The Labute approximate surface area is 157 Å². The van der Waals surface area contributed by atoms with Crippen LogP contribution in [0, 0.1) is 0 Å². The van der Waals surface area contributed by atoms with Crippen LogP contribution in [0.5, 0.6) is 11.5 Å². The van der Waals surface area contributed by atoms with Crippen LogP contribution in [0.25, 0.3) is 0 Å². The Morgan fingerprint density at radius 1 is 1.15 bits per heavy atom. The average Bonchev–Trinajstić information content (AvgIpc) is 3.19. The molecule has 2 aromatic carbocycles. The summed E-state index contributed by atoms with van der Waals surface area (Å²) in [5.41, 5.74) is 0.273. The van der Waals surface area contributed by atoms with Crippen LogP contribution in [0.1, 0.15) is 18.4 Å². The van der Waals surface area contributed by atoms with Crippen LogP contribution in [-0.2, 0) is 15.3 Å². The normalized spacial score (nSPS) is 24.6. The van der Waals surface area contributed by atoms with Crippen molar-refractivity contribution in [2.45, 2.75) is 24.7 Å². The third kappa shape index (κ3) is 3.02. The maximum atomic E-state index is 12.4. The Kier molecular flexibility index (Phi) is 4.51. The van der Waals surface area contributed by atoms with Gasteiger partial charge in [-0.15, -0.1) is 0 Å². The van der Waals surface area contributed by atoms with E-state index >= 15 is 0 Å². The van der Waals surface area contributed by atoms with E-state index in [4.69, 9.17) is 25.8 Å². The summed E-state index contributed by atoms with van der Waals surface area (Å²) in [5.74, 6) is 1.63. The summed E-state index contributed by atoms with van der Waals surface area (Å²) in [7, 11) is 1.63. The fourth-order valence-corrected chi connectivity index (χ4v) is 3.79. The van der Waals surface area contributed by atoms with Gasteiger partial charge in [0.15, 0.2) is 5.72 Å². The standard InChI is InChI=1S/C20H20ClNO4/c1-24-16-6-2-14(3-7-16)20-11-10-19(23)22(20)12-18(26-20)13-25-17-8-4-15(21)5-9-17/h2-9,18H,10-13H2,1H3/t18-,20+/m0/s1. The first-order valence-electron chi connectivity index (χ1n) is 8.62. The molecule has 0 saturated carbocycles. The molecule has 2 aromatic rings. The van der Waals surface area contributed by atoms with Crippen LogP contribution in [0.2, 0.25) is 5.02 Å². The van der Waals surface area contributed by atoms with E-state index in [0.29, 0.717) is 31.0 Å². The molecule has 2 aliphatic heterocycles. The molecule has 2 saturated heterocycles. The summed E-state index contributed by atoms with van der Waals surface area (Å²) in [6.07, 6.45) is 0.962. The van der Waals surface area contributed by atoms with Crippen molar-refractivity contribution in [2.24, 2.45) is 0 Å². The second-order valence-electron chi connectivity index (χ2n) is 6.52. The lowest BCUT2D eigenvalue weighted by Crippen LogP contribution is -2.38. The first-order valence-corrected chi connectivity index (χ1v) is 9.00. The lowest BCUT2D eigenvalue weighted by Gasteiger charge is -2.31. The van der Waals surface area contributed by atoms with Crippen molar-refractivity contribution >= 4 is 17.5 Å². The summed E-state index contributed by atoms with van der Waals surface area (Å²) < 4.78 is 17.4. The minimum atomic E-state index is -0.697. The Balaban J connectivity index is 1.51. The Morgan fingerprint density at radius 3 is 2.54 bits per heavy atom. The van der Waals surface area contributed by atoms with Gasteiger partial charge in [-0.25, -0.2) is 0 Å². The van der Waals surface area contributed by atoms with Gasteiger partial charge in [0.05, 0.1) is 13.7 Å². The van der Waals surface area contributed by atoms with E-state index in [2.05, 4.69) is 0 Å². The predicted octanol–water partition coefficient (Wildman–Crippen LogP) is 3.60. The van der Waals surface area contributed by atoms with Crippen molar-refractivity contribution in [3.63, 3.8) is 0 Å². The lowest BCUT2D eigenvalue weighted by molar-refractivity contribution is -0.140. The maximum Gasteiger partial charge on any atom is 0.225 e. The number of halogens is 1. The molecule has 0 aliphatic carbocycles. The SMILES string of the molecule is COc1ccc([C@]23CCC(=O)N2C[C@@H](COc2ccc(Cl)cc2)O3)cc1. The van der Waals surface area contributed by atoms with Gasteiger partial charge in [0.2, 0.25) is 5.91 Å². The number of amides is 1. The van der Waals surface area contributed by atoms with E-state index in [-0.39, 0.29) is 12.0 Å². The average molecular weight is 374 g/mol. The van der Waals surface area contributed by atoms with Gasteiger partial charge in [0.1, 0.15) is 24.2 Å². The number of rotatable bonds is 5. The molecule has 0 radical (unpaired) electrons. The summed E-state index contributed by atoms with van der Waals surface area (Å²) in [6, 6.07) is 14.9. The Morgan fingerprint density at radius 2 is 1.85 bits per heavy atom. The first kappa shape index (κ1) is 17.2. The van der Waals surface area contributed by atoms with Crippen molar-refractivity contribution in [1.82, 2.24) is 4.90 Å². The number of carbonyl (C=O) groups excluding carboxylic acids is 1. The number of ether oxygens (including phenoxy) is 3. The maximum absolute atomic E-state index is 12.4. The number of methoxy groups -OCH3 is 1. The van der Waals surface area contributed by atoms with Crippen molar-refractivity contribution in [3.8, 4) is 11.5 Å². The van der Waals surface area contributed by atoms with Gasteiger partial charge in [0, 0.05) is 23.4 Å². The molecule has 2 heterocycles. The highest BCUT2D eigenvalue weighted by Gasteiger charge is 2.54. The number of benzene rings is 2. The molecule has 0 unspecified atom stereocenters. The van der Waals surface area contributed by atoms with Crippen LogP contribution in [-0.4, -0.2) is 37.2 Å². The van der Waals surface area contributed by atoms with Crippen molar-refractivity contribution in [3.05, 3.63) is 59.1 Å². The first-order chi connectivity index (χ1) is 12.6. The van der Waals surface area contributed by atoms with Crippen LogP contribution < -0.4 is 9.47 Å². The van der Waals surface area contributed by atoms with Crippen molar-refractivity contribution in [1.29, 1.82) is 0 Å². The van der Waals surface area contributed by atoms with E-state index in [1.54, 1.807) is 19.2 Å². The van der Waals surface area contributed by atoms with Gasteiger partial charge in [-0.05, 0) is 36.4 Å².